The summed E-state index contributed by atoms with van der Waals surface area (Å²) < 4.78 is 16.6. The van der Waals surface area contributed by atoms with E-state index in [9.17, 15) is 10.2 Å². The SMILES string of the molecule is Cc1ccccc1CNc1nc(C)c(-c2nc3ccccc3s2)c(NC23CCC4C(O)C42OC(C)(Cc2cccc4sc(-c5c(C)nc(NCc6ccccc6C)nc5NC5(C)CCC(CO)C5C)nc24)O3)n1. The lowest BCUT2D eigenvalue weighted by atomic mass is 9.86. The van der Waals surface area contributed by atoms with E-state index in [0.717, 1.165) is 89.2 Å². The van der Waals surface area contributed by atoms with E-state index in [1.807, 2.05) is 57.2 Å². The molecule has 14 nitrogen and oxygen atoms in total. The monoisotopic (exact) mass is 1010 g/mol. The summed E-state index contributed by atoms with van der Waals surface area (Å²) in [4.78, 5) is 30.9. The fourth-order valence-corrected chi connectivity index (χ4v) is 14.3. The van der Waals surface area contributed by atoms with Gasteiger partial charge in [0.2, 0.25) is 11.9 Å². The first-order valence-electron chi connectivity index (χ1n) is 25.5. The molecule has 0 amide bonds. The van der Waals surface area contributed by atoms with Gasteiger partial charge in [0.05, 0.1) is 49.1 Å². The molecule has 1 spiro atoms. The normalized spacial score (nSPS) is 27.1. The molecular weight excluding hydrogens is 953 g/mol. The Kier molecular flexibility index (Phi) is 11.8. The molecule has 12 rings (SSSR count). The Hall–Kier alpha value is -6.14. The van der Waals surface area contributed by atoms with Crippen LogP contribution in [0.4, 0.5) is 23.5 Å². The van der Waals surface area contributed by atoms with Crippen LogP contribution in [0.2, 0.25) is 0 Å². The third-order valence-corrected chi connectivity index (χ3v) is 18.6. The van der Waals surface area contributed by atoms with Gasteiger partial charge in [0, 0.05) is 37.6 Å². The average Bonchev–Trinajstić information content (AvgIpc) is 3.99. The van der Waals surface area contributed by atoms with Crippen molar-refractivity contribution >= 4 is 66.6 Å². The molecule has 3 aliphatic carbocycles. The third kappa shape index (κ3) is 8.21. The molecule has 3 saturated carbocycles. The second kappa shape index (κ2) is 18.1. The molecule has 4 aliphatic rings. The predicted molar refractivity (Wildman–Crippen MR) is 291 cm³/mol. The minimum Gasteiger partial charge on any atom is -0.396 e. The largest absolute Gasteiger partial charge is 0.396 e. The van der Waals surface area contributed by atoms with E-state index in [4.69, 9.17) is 39.4 Å². The number of aliphatic hydroxyl groups excluding tert-OH is 2. The highest BCUT2D eigenvalue weighted by Gasteiger charge is 2.86. The zero-order chi connectivity index (χ0) is 50.4. The number of fused-ring (bicyclic) bond motifs is 2. The molecule has 376 valence electrons. The number of thiazole rings is 2. The van der Waals surface area contributed by atoms with Gasteiger partial charge in [-0.15, -0.1) is 22.7 Å². The lowest BCUT2D eigenvalue weighted by molar-refractivity contribution is -0.178. The Bertz CT molecular complexity index is 3410. The number of nitrogens with zero attached hydrogens (tertiary/aromatic N) is 6. The van der Waals surface area contributed by atoms with Crippen molar-refractivity contribution in [2.45, 2.75) is 122 Å². The Balaban J connectivity index is 0.883. The van der Waals surface area contributed by atoms with Crippen LogP contribution in [0.5, 0.6) is 0 Å². The second-order valence-corrected chi connectivity index (χ2v) is 23.3. The van der Waals surface area contributed by atoms with Gasteiger partial charge >= 0.3 is 0 Å². The minimum atomic E-state index is -1.15. The standard InChI is InChI=1S/C57H62N10O4S2/c1-31-15-8-10-17-37(31)28-58-52-60-34(4)44(48(64-52)66-54(6)25-23-39(30-68)33(54)3)51-63-46-36(19-14-22-43(46)73-51)27-55(7)70-56(26-24-40-47(69)57(40,56)71-55)67-49-45(50-62-41-20-12-13-21-42(41)72-50)35(5)61-53(65-49)59-29-38-18-11-9-16-32(38)2/h8-22,33,39-40,47,68-69H,23-30H2,1-7H3,(H2,58,60,64,66)(H2,59,61,65,67). The lowest BCUT2D eigenvalue weighted by Gasteiger charge is -2.34. The number of aromatic nitrogens is 6. The Morgan fingerprint density at radius 3 is 1.86 bits per heavy atom. The van der Waals surface area contributed by atoms with Gasteiger partial charge in [0.1, 0.15) is 21.7 Å². The molecule has 4 aromatic carbocycles. The second-order valence-electron chi connectivity index (χ2n) is 21.2. The summed E-state index contributed by atoms with van der Waals surface area (Å²) in [5.41, 5.74) is 8.21. The Morgan fingerprint density at radius 2 is 1.23 bits per heavy atom. The first kappa shape index (κ1) is 47.8. The van der Waals surface area contributed by atoms with E-state index in [-0.39, 0.29) is 29.9 Å². The third-order valence-electron chi connectivity index (χ3n) is 16.5. The highest BCUT2D eigenvalue weighted by atomic mass is 32.1. The number of nitrogens with one attached hydrogen (secondary N) is 4. The van der Waals surface area contributed by atoms with Crippen LogP contribution in [0.1, 0.15) is 85.7 Å². The summed E-state index contributed by atoms with van der Waals surface area (Å²) in [6.45, 7) is 16.0. The maximum atomic E-state index is 11.9. The van der Waals surface area contributed by atoms with Gasteiger partial charge in [-0.25, -0.2) is 19.9 Å². The van der Waals surface area contributed by atoms with Crippen molar-refractivity contribution < 1.29 is 19.7 Å². The molecule has 8 unspecified atom stereocenters. The number of rotatable bonds is 15. The number of aryl methyl sites for hydroxylation is 4. The quantitative estimate of drug-likeness (QED) is 0.0570. The van der Waals surface area contributed by atoms with Gasteiger partial charge in [0.25, 0.3) is 0 Å². The molecule has 8 atom stereocenters. The highest BCUT2D eigenvalue weighted by molar-refractivity contribution is 7.22. The number of benzene rings is 4. The average molecular weight is 1020 g/mol. The molecule has 0 bridgehead atoms. The highest BCUT2D eigenvalue weighted by Crippen LogP contribution is 2.70. The molecule has 4 aromatic heterocycles. The van der Waals surface area contributed by atoms with Crippen molar-refractivity contribution in [3.05, 3.63) is 130 Å². The van der Waals surface area contributed by atoms with Crippen molar-refractivity contribution in [3.8, 4) is 21.1 Å². The fourth-order valence-electron chi connectivity index (χ4n) is 12.1. The minimum absolute atomic E-state index is 0.115. The molecule has 6 N–H and O–H groups in total. The molecule has 16 heteroatoms. The number of hydrogen-bond acceptors (Lipinski definition) is 16. The van der Waals surface area contributed by atoms with Crippen LogP contribution in [0.25, 0.3) is 41.6 Å². The number of aliphatic hydroxyl groups is 2. The molecule has 5 heterocycles. The zero-order valence-corrected chi connectivity index (χ0v) is 44.0. The van der Waals surface area contributed by atoms with Crippen LogP contribution in [0.15, 0.2) is 91.0 Å². The molecule has 4 fully saturated rings. The molecule has 8 aromatic rings. The Labute approximate surface area is 433 Å². The smallest absolute Gasteiger partial charge is 0.225 e. The summed E-state index contributed by atoms with van der Waals surface area (Å²) in [5, 5.41) is 38.5. The van der Waals surface area contributed by atoms with Gasteiger partial charge in [-0.2, -0.15) is 9.97 Å². The van der Waals surface area contributed by atoms with Gasteiger partial charge in [-0.05, 0) is 125 Å². The summed E-state index contributed by atoms with van der Waals surface area (Å²) in [7, 11) is 0. The Morgan fingerprint density at radius 1 is 0.644 bits per heavy atom. The van der Waals surface area contributed by atoms with Crippen molar-refractivity contribution in [2.75, 3.05) is 27.9 Å². The molecule has 73 heavy (non-hydrogen) atoms. The lowest BCUT2D eigenvalue weighted by Crippen LogP contribution is -2.50. The van der Waals surface area contributed by atoms with Crippen LogP contribution in [0.3, 0.4) is 0 Å². The summed E-state index contributed by atoms with van der Waals surface area (Å²) in [6, 6.07) is 31.0. The van der Waals surface area contributed by atoms with E-state index in [1.165, 1.54) is 16.7 Å². The number of anilines is 4. The van der Waals surface area contributed by atoms with Gasteiger partial charge in [0.15, 0.2) is 17.1 Å². The zero-order valence-electron chi connectivity index (χ0n) is 42.3. The van der Waals surface area contributed by atoms with Crippen LogP contribution in [0, 0.1) is 45.4 Å². The van der Waals surface area contributed by atoms with E-state index >= 15 is 0 Å². The van der Waals surface area contributed by atoms with E-state index in [1.54, 1.807) is 22.7 Å². The van der Waals surface area contributed by atoms with Crippen molar-refractivity contribution in [1.82, 2.24) is 29.9 Å². The van der Waals surface area contributed by atoms with E-state index < -0.39 is 23.2 Å². The van der Waals surface area contributed by atoms with Crippen molar-refractivity contribution in [2.24, 2.45) is 17.8 Å². The van der Waals surface area contributed by atoms with Crippen molar-refractivity contribution in [3.63, 3.8) is 0 Å². The van der Waals surface area contributed by atoms with Gasteiger partial charge in [-0.3, -0.25) is 0 Å². The maximum Gasteiger partial charge on any atom is 0.225 e. The van der Waals surface area contributed by atoms with Crippen LogP contribution in [-0.2, 0) is 29.0 Å². The van der Waals surface area contributed by atoms with E-state index in [2.05, 4.69) is 104 Å². The molecule has 1 aliphatic heterocycles. The topological polar surface area (TPSA) is 184 Å². The van der Waals surface area contributed by atoms with Crippen molar-refractivity contribution in [1.29, 1.82) is 0 Å². The van der Waals surface area contributed by atoms with Gasteiger partial charge < -0.3 is 41.0 Å². The fraction of sp³-hybridized carbons (Fsp3) is 0.404. The molecular formula is C57H62N10O4S2. The number of para-hydroxylation sites is 2. The number of hydrogen-bond donors (Lipinski definition) is 6. The summed E-state index contributed by atoms with van der Waals surface area (Å²) >= 11 is 3.21. The molecule has 1 saturated heterocycles. The predicted octanol–water partition coefficient (Wildman–Crippen LogP) is 11.1. The van der Waals surface area contributed by atoms with Crippen LogP contribution < -0.4 is 21.3 Å². The number of ether oxygens (including phenoxy) is 2. The maximum absolute atomic E-state index is 11.9. The first-order valence-corrected chi connectivity index (χ1v) is 27.2. The summed E-state index contributed by atoms with van der Waals surface area (Å²) in [6.07, 6.45) is 2.80. The van der Waals surface area contributed by atoms with Crippen LogP contribution in [-0.4, -0.2) is 75.5 Å². The first-order chi connectivity index (χ1) is 35.2. The summed E-state index contributed by atoms with van der Waals surface area (Å²) in [5.74, 6) is 1.44. The van der Waals surface area contributed by atoms with E-state index in [0.29, 0.717) is 43.6 Å². The molecule has 0 radical (unpaired) electrons. The van der Waals surface area contributed by atoms with Crippen LogP contribution >= 0.6 is 22.7 Å². The van der Waals surface area contributed by atoms with Gasteiger partial charge in [-0.1, -0.05) is 79.7 Å².